The van der Waals surface area contributed by atoms with Crippen molar-refractivity contribution in [3.05, 3.63) is 32.6 Å². The predicted octanol–water partition coefficient (Wildman–Crippen LogP) is 3.26. The first kappa shape index (κ1) is 14.4. The van der Waals surface area contributed by atoms with E-state index in [9.17, 15) is 13.5 Å². The summed E-state index contributed by atoms with van der Waals surface area (Å²) in [5.74, 6) is -0.426. The van der Waals surface area contributed by atoms with Crippen molar-refractivity contribution in [3.8, 4) is 5.75 Å². The number of nitrogens with zero attached hydrogens (tertiary/aromatic N) is 1. The van der Waals surface area contributed by atoms with Gasteiger partial charge in [0, 0.05) is 5.69 Å². The Morgan fingerprint density at radius 1 is 1.37 bits per heavy atom. The molecule has 0 aliphatic carbocycles. The molecule has 2 aromatic heterocycles. The van der Waals surface area contributed by atoms with Crippen LogP contribution in [0.2, 0.25) is 8.67 Å². The van der Waals surface area contributed by atoms with Gasteiger partial charge in [-0.2, -0.15) is 0 Å². The van der Waals surface area contributed by atoms with Crippen LogP contribution >= 0.6 is 34.5 Å². The molecule has 19 heavy (non-hydrogen) atoms. The van der Waals surface area contributed by atoms with Gasteiger partial charge < -0.3 is 5.11 Å². The molecule has 0 aromatic carbocycles. The van der Waals surface area contributed by atoms with Crippen molar-refractivity contribution in [1.82, 2.24) is 4.98 Å². The van der Waals surface area contributed by atoms with Crippen molar-refractivity contribution in [3.63, 3.8) is 0 Å². The fourth-order valence-corrected chi connectivity index (χ4v) is 4.48. The summed E-state index contributed by atoms with van der Waals surface area (Å²) < 4.78 is 26.7. The normalized spacial score (nSPS) is 11.5. The molecule has 0 saturated carbocycles. The lowest BCUT2D eigenvalue weighted by Crippen LogP contribution is -2.14. The highest BCUT2D eigenvalue weighted by Gasteiger charge is 2.22. The Labute approximate surface area is 123 Å². The summed E-state index contributed by atoms with van der Waals surface area (Å²) >= 11 is 12.4. The highest BCUT2D eigenvalue weighted by molar-refractivity contribution is 7.93. The molecule has 0 aliphatic heterocycles. The zero-order valence-corrected chi connectivity index (χ0v) is 12.7. The summed E-state index contributed by atoms with van der Waals surface area (Å²) in [5.41, 5.74) is 0.560. The second-order valence-electron chi connectivity index (χ2n) is 3.61. The summed E-state index contributed by atoms with van der Waals surface area (Å²) in [6, 6.07) is 4.15. The van der Waals surface area contributed by atoms with Gasteiger partial charge in [0.25, 0.3) is 10.0 Å². The van der Waals surface area contributed by atoms with Crippen LogP contribution in [0.4, 0.5) is 5.82 Å². The summed E-state index contributed by atoms with van der Waals surface area (Å²) in [6.45, 7) is 1.67. The van der Waals surface area contributed by atoms with Crippen LogP contribution in [-0.2, 0) is 10.0 Å². The van der Waals surface area contributed by atoms with Crippen LogP contribution in [0, 0.1) is 6.92 Å². The van der Waals surface area contributed by atoms with E-state index in [4.69, 9.17) is 23.2 Å². The highest BCUT2D eigenvalue weighted by Crippen LogP contribution is 2.35. The standard InChI is InChI=1S/C10H8Cl2N2O3S2/c1-5-2-3-6(15)10(13-5)14-19(16,17)7-4-8(11)18-9(7)12/h2-4,15H,1H3,(H,13,14). The lowest BCUT2D eigenvalue weighted by Gasteiger charge is -2.08. The zero-order valence-electron chi connectivity index (χ0n) is 9.52. The maximum Gasteiger partial charge on any atom is 0.265 e. The van der Waals surface area contributed by atoms with Gasteiger partial charge in [-0.3, -0.25) is 4.72 Å². The van der Waals surface area contributed by atoms with Crippen molar-refractivity contribution in [2.24, 2.45) is 0 Å². The molecule has 0 radical (unpaired) electrons. The fourth-order valence-electron chi connectivity index (χ4n) is 1.32. The molecule has 0 bridgehead atoms. The maximum absolute atomic E-state index is 12.1. The Morgan fingerprint density at radius 2 is 2.05 bits per heavy atom. The minimum absolute atomic E-state index is 0.0460. The monoisotopic (exact) mass is 338 g/mol. The lowest BCUT2D eigenvalue weighted by molar-refractivity contribution is 0.475. The van der Waals surface area contributed by atoms with Gasteiger partial charge in [-0.1, -0.05) is 23.2 Å². The van der Waals surface area contributed by atoms with Crippen molar-refractivity contribution in [2.75, 3.05) is 4.72 Å². The maximum atomic E-state index is 12.1. The molecule has 2 N–H and O–H groups in total. The number of halogens is 2. The number of aromatic hydroxyl groups is 1. The molecule has 2 heterocycles. The van der Waals surface area contributed by atoms with Gasteiger partial charge in [-0.15, -0.1) is 11.3 Å². The number of rotatable bonds is 3. The minimum atomic E-state index is -3.94. The number of anilines is 1. The lowest BCUT2D eigenvalue weighted by atomic mass is 10.3. The van der Waals surface area contributed by atoms with Crippen LogP contribution in [0.15, 0.2) is 23.1 Å². The molecule has 0 aliphatic rings. The average molecular weight is 339 g/mol. The van der Waals surface area contributed by atoms with Gasteiger partial charge in [0.2, 0.25) is 0 Å². The number of thiophene rings is 1. The van der Waals surface area contributed by atoms with E-state index in [2.05, 4.69) is 9.71 Å². The van der Waals surface area contributed by atoms with E-state index < -0.39 is 10.0 Å². The van der Waals surface area contributed by atoms with Gasteiger partial charge >= 0.3 is 0 Å². The number of sulfonamides is 1. The van der Waals surface area contributed by atoms with Crippen LogP contribution in [-0.4, -0.2) is 18.5 Å². The number of nitrogens with one attached hydrogen (secondary N) is 1. The molecule has 2 rings (SSSR count). The number of pyridine rings is 1. The molecule has 5 nitrogen and oxygen atoms in total. The van der Waals surface area contributed by atoms with Gasteiger partial charge in [-0.05, 0) is 25.1 Å². The van der Waals surface area contributed by atoms with Crippen LogP contribution in [0.1, 0.15) is 5.69 Å². The molecule has 0 fully saturated rings. The molecule has 0 atom stereocenters. The third-order valence-electron chi connectivity index (χ3n) is 2.16. The van der Waals surface area contributed by atoms with E-state index in [1.807, 2.05) is 0 Å². The van der Waals surface area contributed by atoms with Gasteiger partial charge in [-0.25, -0.2) is 13.4 Å². The molecule has 0 amide bonds. The van der Waals surface area contributed by atoms with Gasteiger partial charge in [0.15, 0.2) is 11.6 Å². The Balaban J connectivity index is 2.42. The topological polar surface area (TPSA) is 79.3 Å². The molecule has 9 heteroatoms. The Kier molecular flexibility index (Phi) is 3.91. The molecule has 0 saturated heterocycles. The summed E-state index contributed by atoms with van der Waals surface area (Å²) in [5, 5.41) is 9.57. The van der Waals surface area contributed by atoms with Crippen LogP contribution in [0.25, 0.3) is 0 Å². The first-order valence-electron chi connectivity index (χ1n) is 4.94. The highest BCUT2D eigenvalue weighted by atomic mass is 35.5. The second-order valence-corrected chi connectivity index (χ2v) is 7.55. The van der Waals surface area contributed by atoms with Gasteiger partial charge in [0.05, 0.1) is 4.34 Å². The van der Waals surface area contributed by atoms with E-state index in [-0.39, 0.29) is 25.1 Å². The first-order chi connectivity index (χ1) is 8.79. The Bertz CT molecular complexity index is 728. The summed E-state index contributed by atoms with van der Waals surface area (Å²) in [6.07, 6.45) is 0. The summed E-state index contributed by atoms with van der Waals surface area (Å²) in [7, 11) is -3.94. The Hall–Kier alpha value is -1.02. The molecule has 0 unspecified atom stereocenters. The average Bonchev–Trinajstić information content (AvgIpc) is 2.63. The number of aromatic nitrogens is 1. The van der Waals surface area contributed by atoms with E-state index in [0.29, 0.717) is 5.69 Å². The minimum Gasteiger partial charge on any atom is -0.504 e. The van der Waals surface area contributed by atoms with Crippen molar-refractivity contribution < 1.29 is 13.5 Å². The van der Waals surface area contributed by atoms with Crippen molar-refractivity contribution in [2.45, 2.75) is 11.8 Å². The third-order valence-corrected chi connectivity index (χ3v) is 5.25. The number of hydrogen-bond donors (Lipinski definition) is 2. The summed E-state index contributed by atoms with van der Waals surface area (Å²) in [4.78, 5) is 3.76. The van der Waals surface area contributed by atoms with E-state index >= 15 is 0 Å². The SMILES string of the molecule is Cc1ccc(O)c(NS(=O)(=O)c2cc(Cl)sc2Cl)n1. The number of hydrogen-bond acceptors (Lipinski definition) is 5. The van der Waals surface area contributed by atoms with E-state index in [0.717, 1.165) is 11.3 Å². The van der Waals surface area contributed by atoms with Crippen LogP contribution in [0.5, 0.6) is 5.75 Å². The largest absolute Gasteiger partial charge is 0.504 e. The van der Waals surface area contributed by atoms with Crippen molar-refractivity contribution >= 4 is 50.4 Å². The molecule has 2 aromatic rings. The zero-order chi connectivity index (χ0) is 14.2. The van der Waals surface area contributed by atoms with Crippen LogP contribution in [0.3, 0.4) is 0 Å². The van der Waals surface area contributed by atoms with E-state index in [1.165, 1.54) is 12.1 Å². The second kappa shape index (κ2) is 5.16. The number of aryl methyl sites for hydroxylation is 1. The fraction of sp³-hybridized carbons (Fsp3) is 0.100. The molecular formula is C10H8Cl2N2O3S2. The quantitative estimate of drug-likeness (QED) is 0.900. The molecule has 102 valence electrons. The van der Waals surface area contributed by atoms with Gasteiger partial charge in [0.1, 0.15) is 9.23 Å². The van der Waals surface area contributed by atoms with Crippen LogP contribution < -0.4 is 4.72 Å². The first-order valence-corrected chi connectivity index (χ1v) is 7.99. The molecular weight excluding hydrogens is 331 g/mol. The van der Waals surface area contributed by atoms with Crippen molar-refractivity contribution in [1.29, 1.82) is 0 Å². The third kappa shape index (κ3) is 3.11. The molecule has 0 spiro atoms. The smallest absolute Gasteiger partial charge is 0.265 e. The predicted molar refractivity (Wildman–Crippen MR) is 75.8 cm³/mol. The van der Waals surface area contributed by atoms with E-state index in [1.54, 1.807) is 13.0 Å². The Morgan fingerprint density at radius 3 is 2.63 bits per heavy atom.